The first-order valence-electron chi connectivity index (χ1n) is 20.0. The summed E-state index contributed by atoms with van der Waals surface area (Å²) in [6.07, 6.45) is 0. The Morgan fingerprint density at radius 1 is 0.241 bits per heavy atom. The summed E-state index contributed by atoms with van der Waals surface area (Å²) in [7, 11) is 0. The van der Waals surface area contributed by atoms with Crippen molar-refractivity contribution in [1.82, 2.24) is 4.98 Å². The fourth-order valence-corrected chi connectivity index (χ4v) is 9.46. The molecule has 0 unspecified atom stereocenters. The van der Waals surface area contributed by atoms with E-state index in [1.807, 2.05) is 0 Å². The van der Waals surface area contributed by atoms with Crippen molar-refractivity contribution in [3.05, 3.63) is 212 Å². The van der Waals surface area contributed by atoms with Gasteiger partial charge in [0.05, 0.1) is 11.2 Å². The minimum absolute atomic E-state index is 1.00. The van der Waals surface area contributed by atoms with Crippen LogP contribution in [0.25, 0.3) is 120 Å². The van der Waals surface area contributed by atoms with Crippen LogP contribution in [0.2, 0.25) is 0 Å². The van der Waals surface area contributed by atoms with Crippen LogP contribution in [0.4, 0.5) is 0 Å². The van der Waals surface area contributed by atoms with E-state index in [0.29, 0.717) is 0 Å². The predicted octanol–water partition coefficient (Wildman–Crippen LogP) is 15.8. The average Bonchev–Trinajstić information content (AvgIpc) is 3.29. The summed E-state index contributed by atoms with van der Waals surface area (Å²) in [5.41, 5.74) is 10.4. The summed E-state index contributed by atoms with van der Waals surface area (Å²) in [4.78, 5) is 5.34. The third kappa shape index (κ3) is 5.14. The van der Waals surface area contributed by atoms with Gasteiger partial charge < -0.3 is 0 Å². The topological polar surface area (TPSA) is 12.9 Å². The molecule has 1 aromatic heterocycles. The van der Waals surface area contributed by atoms with Gasteiger partial charge in [0.1, 0.15) is 0 Å². The molecule has 268 valence electrons. The van der Waals surface area contributed by atoms with Gasteiger partial charge in [-0.2, -0.15) is 0 Å². The van der Waals surface area contributed by atoms with Crippen LogP contribution >= 0.6 is 0 Å². The molecule has 11 aromatic carbocycles. The number of benzene rings is 11. The highest BCUT2D eigenvalue weighted by atomic mass is 14.7. The van der Waals surface area contributed by atoms with Gasteiger partial charge in [-0.05, 0) is 118 Å². The summed E-state index contributed by atoms with van der Waals surface area (Å²) in [6, 6.07) is 77.9. The van der Waals surface area contributed by atoms with Gasteiger partial charge in [-0.3, -0.25) is 0 Å². The van der Waals surface area contributed by atoms with Crippen molar-refractivity contribution in [1.29, 1.82) is 0 Å². The lowest BCUT2D eigenvalue weighted by molar-refractivity contribution is 1.43. The van der Waals surface area contributed by atoms with E-state index in [4.69, 9.17) is 4.98 Å². The van der Waals surface area contributed by atoms with Crippen LogP contribution in [0.5, 0.6) is 0 Å². The SMILES string of the molecule is c1cc(-c2ccc3c(-c4ccc5ccccc5c4)c4ccccc4c(-c4ccc5ccccc5c4)c3c2)cc(-c2nc3ccccc3c3c2ccc2ccccc23)c1. The van der Waals surface area contributed by atoms with E-state index in [-0.39, 0.29) is 0 Å². The maximum Gasteiger partial charge on any atom is 0.0788 e. The van der Waals surface area contributed by atoms with Crippen molar-refractivity contribution in [2.75, 3.05) is 0 Å². The fraction of sp³-hybridized carbons (Fsp3) is 0. The first-order chi connectivity index (χ1) is 28.7. The molecule has 0 aliphatic carbocycles. The Morgan fingerprint density at radius 3 is 1.43 bits per heavy atom. The van der Waals surface area contributed by atoms with Gasteiger partial charge in [0.15, 0.2) is 0 Å². The van der Waals surface area contributed by atoms with Crippen molar-refractivity contribution >= 4 is 75.5 Å². The number of rotatable bonds is 4. The van der Waals surface area contributed by atoms with Crippen LogP contribution in [0.3, 0.4) is 0 Å². The molecule has 12 rings (SSSR count). The molecule has 0 fully saturated rings. The molecule has 0 saturated heterocycles. The van der Waals surface area contributed by atoms with Gasteiger partial charge in [0.25, 0.3) is 0 Å². The number of para-hydroxylation sites is 1. The number of fused-ring (bicyclic) bond motifs is 9. The zero-order chi connectivity index (χ0) is 38.2. The Balaban J connectivity index is 1.12. The van der Waals surface area contributed by atoms with E-state index in [9.17, 15) is 0 Å². The van der Waals surface area contributed by atoms with Gasteiger partial charge in [0, 0.05) is 21.7 Å². The van der Waals surface area contributed by atoms with Crippen LogP contribution in [-0.4, -0.2) is 4.98 Å². The molecule has 0 amide bonds. The Bertz CT molecular complexity index is 3620. The highest BCUT2D eigenvalue weighted by molar-refractivity contribution is 6.24. The smallest absolute Gasteiger partial charge is 0.0788 e. The van der Waals surface area contributed by atoms with Gasteiger partial charge in [-0.1, -0.05) is 182 Å². The molecule has 0 aliphatic heterocycles. The van der Waals surface area contributed by atoms with Crippen LogP contribution < -0.4 is 0 Å². The summed E-state index contributed by atoms with van der Waals surface area (Å²) < 4.78 is 0. The monoisotopic (exact) mass is 733 g/mol. The average molecular weight is 734 g/mol. The predicted molar refractivity (Wildman–Crippen MR) is 249 cm³/mol. The molecule has 1 heterocycles. The highest BCUT2D eigenvalue weighted by Crippen LogP contribution is 2.46. The van der Waals surface area contributed by atoms with Crippen molar-refractivity contribution < 1.29 is 0 Å². The largest absolute Gasteiger partial charge is 0.247 e. The first-order valence-corrected chi connectivity index (χ1v) is 20.0. The highest BCUT2D eigenvalue weighted by Gasteiger charge is 2.19. The second-order valence-electron chi connectivity index (χ2n) is 15.4. The van der Waals surface area contributed by atoms with Crippen LogP contribution in [0.15, 0.2) is 212 Å². The minimum atomic E-state index is 1.00. The summed E-state index contributed by atoms with van der Waals surface area (Å²) in [6.45, 7) is 0. The fourth-order valence-electron chi connectivity index (χ4n) is 9.46. The third-order valence-electron chi connectivity index (χ3n) is 12.2. The molecule has 0 saturated carbocycles. The second-order valence-corrected chi connectivity index (χ2v) is 15.4. The molecule has 0 bridgehead atoms. The zero-order valence-corrected chi connectivity index (χ0v) is 31.7. The molecule has 0 radical (unpaired) electrons. The molecular weight excluding hydrogens is 699 g/mol. The van der Waals surface area contributed by atoms with E-state index in [2.05, 4.69) is 212 Å². The molecule has 0 spiro atoms. The molecule has 1 nitrogen and oxygen atoms in total. The standard InChI is InChI=1S/C57H35N/c1-3-15-39-32-43(26-24-36(39)12-1)54-47-20-7-8-21-48(47)55(44-27-25-37-13-2-4-16-40(37)33-44)52-35-42(29-30-49(52)54)41-17-11-18-45(34-41)57-51-31-28-38-14-5-6-19-46(38)56(51)50-22-9-10-23-53(50)58-57/h1-35H. The molecule has 0 atom stereocenters. The number of hydrogen-bond acceptors (Lipinski definition) is 1. The van der Waals surface area contributed by atoms with E-state index in [1.54, 1.807) is 0 Å². The quantitative estimate of drug-likeness (QED) is 0.130. The molecule has 0 aliphatic rings. The molecule has 0 N–H and O–H groups in total. The summed E-state index contributed by atoms with van der Waals surface area (Å²) in [5.74, 6) is 0. The molecule has 58 heavy (non-hydrogen) atoms. The third-order valence-corrected chi connectivity index (χ3v) is 12.2. The number of hydrogen-bond donors (Lipinski definition) is 0. The maximum absolute atomic E-state index is 5.34. The molecular formula is C57H35N. The van der Waals surface area contributed by atoms with Crippen LogP contribution in [0, 0.1) is 0 Å². The van der Waals surface area contributed by atoms with Gasteiger partial charge in [0.2, 0.25) is 0 Å². The minimum Gasteiger partial charge on any atom is -0.247 e. The van der Waals surface area contributed by atoms with Gasteiger partial charge in [-0.25, -0.2) is 4.98 Å². The number of nitrogens with zero attached hydrogens (tertiary/aromatic N) is 1. The van der Waals surface area contributed by atoms with E-state index < -0.39 is 0 Å². The van der Waals surface area contributed by atoms with Gasteiger partial charge >= 0.3 is 0 Å². The number of pyridine rings is 1. The van der Waals surface area contributed by atoms with Gasteiger partial charge in [-0.15, -0.1) is 0 Å². The Morgan fingerprint density at radius 2 is 0.724 bits per heavy atom. The summed E-state index contributed by atoms with van der Waals surface area (Å²) >= 11 is 0. The van der Waals surface area contributed by atoms with Crippen LogP contribution in [-0.2, 0) is 0 Å². The number of aromatic nitrogens is 1. The van der Waals surface area contributed by atoms with Crippen molar-refractivity contribution in [3.8, 4) is 44.6 Å². The van der Waals surface area contributed by atoms with E-state index in [1.165, 1.54) is 92.5 Å². The van der Waals surface area contributed by atoms with E-state index in [0.717, 1.165) is 27.7 Å². The lowest BCUT2D eigenvalue weighted by Crippen LogP contribution is -1.93. The molecule has 12 aromatic rings. The lowest BCUT2D eigenvalue weighted by atomic mass is 9.84. The van der Waals surface area contributed by atoms with E-state index >= 15 is 0 Å². The summed E-state index contributed by atoms with van der Waals surface area (Å²) in [5, 5.41) is 16.0. The maximum atomic E-state index is 5.34. The lowest BCUT2D eigenvalue weighted by Gasteiger charge is -2.19. The van der Waals surface area contributed by atoms with Crippen molar-refractivity contribution in [2.45, 2.75) is 0 Å². The Kier molecular flexibility index (Phi) is 7.30. The van der Waals surface area contributed by atoms with Crippen molar-refractivity contribution in [3.63, 3.8) is 0 Å². The zero-order valence-electron chi connectivity index (χ0n) is 31.7. The first kappa shape index (κ1) is 32.6. The Hall–Kier alpha value is -7.61. The van der Waals surface area contributed by atoms with Crippen LogP contribution in [0.1, 0.15) is 0 Å². The normalized spacial score (nSPS) is 11.8. The second kappa shape index (κ2) is 13.0. The molecule has 1 heteroatoms. The van der Waals surface area contributed by atoms with Crippen molar-refractivity contribution in [2.24, 2.45) is 0 Å². The Labute approximate surface area is 336 Å².